The molecule has 0 aliphatic carbocycles. The summed E-state index contributed by atoms with van der Waals surface area (Å²) in [6, 6.07) is 6.54. The molecule has 118 valence electrons. The summed E-state index contributed by atoms with van der Waals surface area (Å²) in [7, 11) is 0. The minimum absolute atomic E-state index is 0.697. The summed E-state index contributed by atoms with van der Waals surface area (Å²) in [4.78, 5) is 2.42. The van der Waals surface area contributed by atoms with Crippen molar-refractivity contribution in [1.82, 2.24) is 5.32 Å². The van der Waals surface area contributed by atoms with E-state index in [9.17, 15) is 0 Å². The molecule has 0 atom stereocenters. The van der Waals surface area contributed by atoms with E-state index in [-0.39, 0.29) is 0 Å². The number of hydrogen-bond donors (Lipinski definition) is 1. The number of rotatable bonds is 11. The molecule has 1 aromatic rings. The maximum atomic E-state index is 5.87. The second-order valence-corrected chi connectivity index (χ2v) is 5.14. The van der Waals surface area contributed by atoms with Gasteiger partial charge in [-0.25, -0.2) is 0 Å². The zero-order chi connectivity index (χ0) is 15.5. The standard InChI is InChI=1S/C18H30N2O/c1-5-11-19-15-16-9-10-17(18(14-16)21-8-4)20(12-6-2)13-7-3/h5,9-10,14,19H,1,6-8,11-13,15H2,2-4H3. The number of benzene rings is 1. The topological polar surface area (TPSA) is 24.5 Å². The molecular weight excluding hydrogens is 260 g/mol. The van der Waals surface area contributed by atoms with Gasteiger partial charge in [-0.2, -0.15) is 0 Å². The fourth-order valence-electron chi connectivity index (χ4n) is 2.41. The fourth-order valence-corrected chi connectivity index (χ4v) is 2.41. The van der Waals surface area contributed by atoms with Gasteiger partial charge in [0, 0.05) is 26.2 Å². The van der Waals surface area contributed by atoms with E-state index >= 15 is 0 Å². The predicted molar refractivity (Wildman–Crippen MR) is 92.3 cm³/mol. The Morgan fingerprint density at radius 1 is 1.19 bits per heavy atom. The lowest BCUT2D eigenvalue weighted by atomic mass is 10.1. The van der Waals surface area contributed by atoms with Crippen LogP contribution in [0.5, 0.6) is 5.75 Å². The lowest BCUT2D eigenvalue weighted by Gasteiger charge is -2.26. The van der Waals surface area contributed by atoms with E-state index in [1.807, 2.05) is 13.0 Å². The maximum Gasteiger partial charge on any atom is 0.142 e. The first-order valence-electron chi connectivity index (χ1n) is 8.09. The number of nitrogens with zero attached hydrogens (tertiary/aromatic N) is 1. The van der Waals surface area contributed by atoms with Gasteiger partial charge < -0.3 is 15.0 Å². The molecule has 3 heteroatoms. The molecular formula is C18H30N2O. The van der Waals surface area contributed by atoms with Gasteiger partial charge in [0.15, 0.2) is 0 Å². The molecule has 0 radical (unpaired) electrons. The molecule has 0 heterocycles. The minimum Gasteiger partial charge on any atom is -0.492 e. The molecule has 1 aromatic carbocycles. The van der Waals surface area contributed by atoms with Crippen molar-refractivity contribution in [2.45, 2.75) is 40.2 Å². The van der Waals surface area contributed by atoms with Crippen molar-refractivity contribution >= 4 is 5.69 Å². The largest absolute Gasteiger partial charge is 0.492 e. The molecule has 0 unspecified atom stereocenters. The van der Waals surface area contributed by atoms with Crippen LogP contribution in [0.2, 0.25) is 0 Å². The number of hydrogen-bond acceptors (Lipinski definition) is 3. The van der Waals surface area contributed by atoms with E-state index in [0.29, 0.717) is 6.61 Å². The normalized spacial score (nSPS) is 10.4. The summed E-state index contributed by atoms with van der Waals surface area (Å²) in [6.07, 6.45) is 4.17. The van der Waals surface area contributed by atoms with Crippen molar-refractivity contribution in [3.63, 3.8) is 0 Å². The highest BCUT2D eigenvalue weighted by atomic mass is 16.5. The van der Waals surface area contributed by atoms with Gasteiger partial charge in [-0.05, 0) is 37.5 Å². The first-order valence-corrected chi connectivity index (χ1v) is 8.09. The molecule has 21 heavy (non-hydrogen) atoms. The fraction of sp³-hybridized carbons (Fsp3) is 0.556. The van der Waals surface area contributed by atoms with Crippen molar-refractivity contribution < 1.29 is 4.74 Å². The van der Waals surface area contributed by atoms with E-state index < -0.39 is 0 Å². The molecule has 3 nitrogen and oxygen atoms in total. The first-order chi connectivity index (χ1) is 10.3. The van der Waals surface area contributed by atoms with Crippen LogP contribution < -0.4 is 15.0 Å². The van der Waals surface area contributed by atoms with E-state index in [2.05, 4.69) is 48.8 Å². The lowest BCUT2D eigenvalue weighted by molar-refractivity contribution is 0.340. The molecule has 1 rings (SSSR count). The van der Waals surface area contributed by atoms with Crippen molar-refractivity contribution in [3.8, 4) is 5.75 Å². The second-order valence-electron chi connectivity index (χ2n) is 5.14. The molecule has 0 amide bonds. The van der Waals surface area contributed by atoms with Crippen LogP contribution in [0.3, 0.4) is 0 Å². The third kappa shape index (κ3) is 5.80. The van der Waals surface area contributed by atoms with Gasteiger partial charge >= 0.3 is 0 Å². The summed E-state index contributed by atoms with van der Waals surface area (Å²) >= 11 is 0. The van der Waals surface area contributed by atoms with Gasteiger partial charge in [-0.15, -0.1) is 6.58 Å². The Balaban J connectivity index is 2.92. The smallest absolute Gasteiger partial charge is 0.142 e. The maximum absolute atomic E-state index is 5.87. The molecule has 0 saturated carbocycles. The Bertz CT molecular complexity index is 412. The molecule has 0 aliphatic rings. The summed E-state index contributed by atoms with van der Waals surface area (Å²) in [5.74, 6) is 0.998. The summed E-state index contributed by atoms with van der Waals surface area (Å²) in [5.41, 5.74) is 2.46. The van der Waals surface area contributed by atoms with Crippen molar-refractivity contribution in [1.29, 1.82) is 0 Å². The Morgan fingerprint density at radius 2 is 1.90 bits per heavy atom. The van der Waals surface area contributed by atoms with Crippen LogP contribution in [0.4, 0.5) is 5.69 Å². The molecule has 0 saturated heterocycles. The molecule has 0 aliphatic heterocycles. The number of ether oxygens (including phenoxy) is 1. The Labute approximate surface area is 130 Å². The predicted octanol–water partition coefficient (Wildman–Crippen LogP) is 3.99. The van der Waals surface area contributed by atoms with E-state index in [1.54, 1.807) is 0 Å². The van der Waals surface area contributed by atoms with Crippen LogP contribution in [0.15, 0.2) is 30.9 Å². The van der Waals surface area contributed by atoms with Crippen molar-refractivity contribution in [2.24, 2.45) is 0 Å². The lowest BCUT2D eigenvalue weighted by Crippen LogP contribution is -2.25. The van der Waals surface area contributed by atoms with Gasteiger partial charge in [-0.3, -0.25) is 0 Å². The van der Waals surface area contributed by atoms with Crippen LogP contribution in [0.1, 0.15) is 39.2 Å². The highest BCUT2D eigenvalue weighted by Crippen LogP contribution is 2.30. The molecule has 0 fully saturated rings. The minimum atomic E-state index is 0.697. The zero-order valence-corrected chi connectivity index (χ0v) is 13.8. The van der Waals surface area contributed by atoms with Crippen molar-refractivity contribution in [3.05, 3.63) is 36.4 Å². The van der Waals surface area contributed by atoms with Gasteiger partial charge in [0.2, 0.25) is 0 Å². The first kappa shape index (κ1) is 17.6. The third-order valence-corrected chi connectivity index (χ3v) is 3.27. The van der Waals surface area contributed by atoms with Crippen molar-refractivity contribution in [2.75, 3.05) is 31.1 Å². The van der Waals surface area contributed by atoms with Crippen LogP contribution in [-0.4, -0.2) is 26.2 Å². The van der Waals surface area contributed by atoms with Crippen LogP contribution >= 0.6 is 0 Å². The Hall–Kier alpha value is -1.48. The van der Waals surface area contributed by atoms with Gasteiger partial charge in [0.1, 0.15) is 5.75 Å². The third-order valence-electron chi connectivity index (χ3n) is 3.27. The summed E-state index contributed by atoms with van der Waals surface area (Å²) < 4.78 is 5.87. The monoisotopic (exact) mass is 290 g/mol. The Kier molecular flexibility index (Phi) is 8.60. The highest BCUT2D eigenvalue weighted by molar-refractivity contribution is 5.60. The second kappa shape index (κ2) is 10.3. The van der Waals surface area contributed by atoms with Gasteiger partial charge in [-0.1, -0.05) is 26.0 Å². The molecule has 1 N–H and O–H groups in total. The van der Waals surface area contributed by atoms with Gasteiger partial charge in [0.25, 0.3) is 0 Å². The zero-order valence-electron chi connectivity index (χ0n) is 13.8. The molecule has 0 aromatic heterocycles. The summed E-state index contributed by atoms with van der Waals surface area (Å²) in [6.45, 7) is 14.7. The van der Waals surface area contributed by atoms with Crippen LogP contribution in [0.25, 0.3) is 0 Å². The number of nitrogens with one attached hydrogen (secondary N) is 1. The van der Waals surface area contributed by atoms with Gasteiger partial charge in [0.05, 0.1) is 12.3 Å². The Morgan fingerprint density at radius 3 is 2.48 bits per heavy atom. The average molecular weight is 290 g/mol. The molecule has 0 spiro atoms. The number of anilines is 1. The highest BCUT2D eigenvalue weighted by Gasteiger charge is 2.11. The van der Waals surface area contributed by atoms with E-state index in [0.717, 1.165) is 44.8 Å². The quantitative estimate of drug-likeness (QED) is 0.493. The van der Waals surface area contributed by atoms with Crippen LogP contribution in [-0.2, 0) is 6.54 Å². The van der Waals surface area contributed by atoms with E-state index in [1.165, 1.54) is 11.3 Å². The average Bonchev–Trinajstić information content (AvgIpc) is 2.48. The van der Waals surface area contributed by atoms with E-state index in [4.69, 9.17) is 4.74 Å². The summed E-state index contributed by atoms with van der Waals surface area (Å²) in [5, 5.41) is 3.33. The van der Waals surface area contributed by atoms with Crippen LogP contribution in [0, 0.1) is 0 Å². The SMILES string of the molecule is C=CCNCc1ccc(N(CCC)CCC)c(OCC)c1. The molecule has 0 bridgehead atoms.